The predicted octanol–water partition coefficient (Wildman–Crippen LogP) is -0.225. The summed E-state index contributed by atoms with van der Waals surface area (Å²) in [5.74, 6) is 0.893. The highest BCUT2D eigenvalue weighted by Crippen LogP contribution is 2.12. The van der Waals surface area contributed by atoms with Gasteiger partial charge in [-0.3, -0.25) is 0 Å². The molecule has 0 aromatic carbocycles. The minimum atomic E-state index is -0.651. The van der Waals surface area contributed by atoms with Crippen molar-refractivity contribution >= 4 is 0 Å². The smallest absolute Gasteiger partial charge is 0.252 e. The van der Waals surface area contributed by atoms with Crippen molar-refractivity contribution in [1.82, 2.24) is 24.9 Å². The normalized spacial score (nSPS) is 11.4. The number of nitrogens with two attached hydrogens (primary N) is 1. The first-order valence-electron chi connectivity index (χ1n) is 4.90. The van der Waals surface area contributed by atoms with E-state index in [0.717, 1.165) is 0 Å². The molecule has 2 aromatic heterocycles. The number of nitrogens with zero attached hydrogens (tertiary/aromatic N) is 6. The number of hydrogen-bond donors (Lipinski definition) is 1. The van der Waals surface area contributed by atoms with E-state index in [1.807, 2.05) is 6.07 Å². The fraction of sp³-hybridized carbons (Fsp3) is 0.444. The van der Waals surface area contributed by atoms with Crippen molar-refractivity contribution in [2.24, 2.45) is 5.73 Å². The van der Waals surface area contributed by atoms with Crippen molar-refractivity contribution in [3.63, 3.8) is 0 Å². The van der Waals surface area contributed by atoms with Crippen molar-refractivity contribution in [1.29, 1.82) is 5.26 Å². The zero-order valence-corrected chi connectivity index (χ0v) is 9.45. The van der Waals surface area contributed by atoms with Crippen LogP contribution in [0.1, 0.15) is 31.4 Å². The van der Waals surface area contributed by atoms with Crippen molar-refractivity contribution in [3.8, 4) is 6.07 Å². The Bertz CT molecular complexity index is 556. The summed E-state index contributed by atoms with van der Waals surface area (Å²) in [5.41, 5.74) is 5.18. The van der Waals surface area contributed by atoms with Crippen LogP contribution in [-0.4, -0.2) is 24.9 Å². The van der Waals surface area contributed by atoms with Crippen molar-refractivity contribution < 1.29 is 4.52 Å². The zero-order valence-electron chi connectivity index (χ0n) is 9.45. The molecule has 0 fully saturated rings. The lowest BCUT2D eigenvalue weighted by Crippen LogP contribution is -2.30. The Hall–Kier alpha value is -2.27. The molecule has 0 aliphatic rings. The Morgan fingerprint density at radius 1 is 1.59 bits per heavy atom. The van der Waals surface area contributed by atoms with Crippen LogP contribution in [0.5, 0.6) is 0 Å². The van der Waals surface area contributed by atoms with E-state index < -0.39 is 5.54 Å². The standard InChI is InChI=1S/C9H11N7O/c1-9(2,11)8-13-7(17-15-8)4-16-5-12-6(3-10)14-16/h5H,4,11H2,1-2H3. The summed E-state index contributed by atoms with van der Waals surface area (Å²) < 4.78 is 6.47. The van der Waals surface area contributed by atoms with Gasteiger partial charge in [0.1, 0.15) is 18.9 Å². The summed E-state index contributed by atoms with van der Waals surface area (Å²) in [6.07, 6.45) is 1.43. The highest BCUT2D eigenvalue weighted by atomic mass is 16.5. The molecule has 8 heteroatoms. The van der Waals surface area contributed by atoms with E-state index in [4.69, 9.17) is 15.5 Å². The number of nitriles is 1. The molecule has 0 aliphatic heterocycles. The second kappa shape index (κ2) is 3.95. The first-order valence-corrected chi connectivity index (χ1v) is 4.90. The fourth-order valence-electron chi connectivity index (χ4n) is 1.14. The Morgan fingerprint density at radius 2 is 2.35 bits per heavy atom. The molecule has 0 aliphatic carbocycles. The molecule has 88 valence electrons. The summed E-state index contributed by atoms with van der Waals surface area (Å²) in [6, 6.07) is 1.83. The first kappa shape index (κ1) is 11.2. The molecular weight excluding hydrogens is 222 g/mol. The molecule has 2 N–H and O–H groups in total. The Kier molecular flexibility index (Phi) is 2.61. The number of aromatic nitrogens is 5. The maximum atomic E-state index is 8.57. The molecule has 0 saturated heterocycles. The van der Waals surface area contributed by atoms with Gasteiger partial charge in [-0.1, -0.05) is 5.16 Å². The zero-order chi connectivity index (χ0) is 12.5. The monoisotopic (exact) mass is 233 g/mol. The maximum Gasteiger partial charge on any atom is 0.252 e. The molecule has 0 saturated carbocycles. The van der Waals surface area contributed by atoms with E-state index in [-0.39, 0.29) is 12.4 Å². The minimum Gasteiger partial charge on any atom is -0.337 e. The van der Waals surface area contributed by atoms with Crippen LogP contribution in [0.3, 0.4) is 0 Å². The molecule has 0 spiro atoms. The van der Waals surface area contributed by atoms with Crippen LogP contribution in [-0.2, 0) is 12.1 Å². The lowest BCUT2D eigenvalue weighted by atomic mass is 10.1. The Labute approximate surface area is 97.1 Å². The van der Waals surface area contributed by atoms with Crippen LogP contribution in [0.4, 0.5) is 0 Å². The van der Waals surface area contributed by atoms with Crippen LogP contribution in [0.2, 0.25) is 0 Å². The summed E-state index contributed by atoms with van der Waals surface area (Å²) in [4.78, 5) is 7.90. The Morgan fingerprint density at radius 3 is 2.88 bits per heavy atom. The quantitative estimate of drug-likeness (QED) is 0.777. The highest BCUT2D eigenvalue weighted by Gasteiger charge is 2.21. The van der Waals surface area contributed by atoms with Gasteiger partial charge in [0, 0.05) is 0 Å². The van der Waals surface area contributed by atoms with Crippen molar-refractivity contribution in [2.45, 2.75) is 25.9 Å². The van der Waals surface area contributed by atoms with Gasteiger partial charge in [0.15, 0.2) is 5.82 Å². The van der Waals surface area contributed by atoms with E-state index >= 15 is 0 Å². The third-order valence-electron chi connectivity index (χ3n) is 1.98. The molecule has 0 atom stereocenters. The van der Waals surface area contributed by atoms with Gasteiger partial charge < -0.3 is 10.3 Å². The van der Waals surface area contributed by atoms with Gasteiger partial charge in [0.2, 0.25) is 5.89 Å². The van der Waals surface area contributed by atoms with E-state index in [2.05, 4.69) is 20.2 Å². The lowest BCUT2D eigenvalue weighted by Gasteiger charge is -2.11. The van der Waals surface area contributed by atoms with Gasteiger partial charge in [-0.25, -0.2) is 9.67 Å². The van der Waals surface area contributed by atoms with Gasteiger partial charge in [0.05, 0.1) is 5.54 Å². The van der Waals surface area contributed by atoms with Crippen molar-refractivity contribution in [2.75, 3.05) is 0 Å². The fourth-order valence-corrected chi connectivity index (χ4v) is 1.14. The molecular formula is C9H11N7O. The van der Waals surface area contributed by atoms with Crippen molar-refractivity contribution in [3.05, 3.63) is 23.9 Å². The molecule has 0 amide bonds. The molecule has 2 rings (SSSR count). The van der Waals surface area contributed by atoms with Gasteiger partial charge in [-0.15, -0.1) is 5.10 Å². The average Bonchev–Trinajstić information content (AvgIpc) is 2.86. The first-order chi connectivity index (χ1) is 7.99. The molecule has 17 heavy (non-hydrogen) atoms. The average molecular weight is 233 g/mol. The molecule has 0 bridgehead atoms. The molecule has 0 unspecified atom stereocenters. The third kappa shape index (κ3) is 2.46. The topological polar surface area (TPSA) is 119 Å². The van der Waals surface area contributed by atoms with Gasteiger partial charge in [-0.05, 0) is 13.8 Å². The number of rotatable bonds is 3. The van der Waals surface area contributed by atoms with E-state index in [1.165, 1.54) is 11.0 Å². The SMILES string of the molecule is CC(C)(N)c1noc(Cn2cnc(C#N)n2)n1. The van der Waals surface area contributed by atoms with Crippen LogP contribution >= 0.6 is 0 Å². The minimum absolute atomic E-state index is 0.101. The third-order valence-corrected chi connectivity index (χ3v) is 1.98. The highest BCUT2D eigenvalue weighted by molar-refractivity contribution is 5.06. The second-order valence-corrected chi connectivity index (χ2v) is 4.11. The summed E-state index contributed by atoms with van der Waals surface area (Å²) in [6.45, 7) is 3.83. The molecule has 0 radical (unpaired) electrons. The van der Waals surface area contributed by atoms with Crippen LogP contribution in [0.15, 0.2) is 10.9 Å². The van der Waals surface area contributed by atoms with Gasteiger partial charge >= 0.3 is 0 Å². The molecule has 2 heterocycles. The van der Waals surface area contributed by atoms with Gasteiger partial charge in [-0.2, -0.15) is 10.2 Å². The largest absolute Gasteiger partial charge is 0.337 e. The summed E-state index contributed by atoms with van der Waals surface area (Å²) in [7, 11) is 0. The predicted molar refractivity (Wildman–Crippen MR) is 55.4 cm³/mol. The lowest BCUT2D eigenvalue weighted by molar-refractivity contribution is 0.351. The second-order valence-electron chi connectivity index (χ2n) is 4.11. The van der Waals surface area contributed by atoms with Crippen LogP contribution in [0, 0.1) is 11.3 Å². The molecule has 8 nitrogen and oxygen atoms in total. The summed E-state index contributed by atoms with van der Waals surface area (Å²) in [5, 5.41) is 16.2. The van der Waals surface area contributed by atoms with Gasteiger partial charge in [0.25, 0.3) is 5.82 Å². The maximum absolute atomic E-state index is 8.57. The van der Waals surface area contributed by atoms with Crippen LogP contribution in [0.25, 0.3) is 0 Å². The van der Waals surface area contributed by atoms with Crippen LogP contribution < -0.4 is 5.73 Å². The van der Waals surface area contributed by atoms with E-state index in [9.17, 15) is 0 Å². The number of hydrogen-bond acceptors (Lipinski definition) is 7. The van der Waals surface area contributed by atoms with E-state index in [1.54, 1.807) is 13.8 Å². The molecule has 2 aromatic rings. The van der Waals surface area contributed by atoms with E-state index in [0.29, 0.717) is 11.7 Å². The Balaban J connectivity index is 2.15. The summed E-state index contributed by atoms with van der Waals surface area (Å²) >= 11 is 0.